The summed E-state index contributed by atoms with van der Waals surface area (Å²) in [6, 6.07) is 24.2. The van der Waals surface area contributed by atoms with Gasteiger partial charge in [-0.1, -0.05) is 23.7 Å². The van der Waals surface area contributed by atoms with Gasteiger partial charge < -0.3 is 20.1 Å². The minimum absolute atomic E-state index is 0.125. The van der Waals surface area contributed by atoms with E-state index in [1.165, 1.54) is 10.9 Å². The molecule has 0 radical (unpaired) electrons. The summed E-state index contributed by atoms with van der Waals surface area (Å²) in [4.78, 5) is 30.5. The Morgan fingerprint density at radius 1 is 0.950 bits per heavy atom. The number of pyridine rings is 1. The highest BCUT2D eigenvalue weighted by molar-refractivity contribution is 6.30. The van der Waals surface area contributed by atoms with Gasteiger partial charge in [-0.3, -0.25) is 14.6 Å². The summed E-state index contributed by atoms with van der Waals surface area (Å²) < 4.78 is 12.5. The molecular weight excluding hydrogens is 530 g/mol. The van der Waals surface area contributed by atoms with E-state index in [1.54, 1.807) is 92.3 Å². The number of aromatic nitrogens is 3. The summed E-state index contributed by atoms with van der Waals surface area (Å²) in [6.07, 6.45) is 4.78. The maximum atomic E-state index is 13.7. The molecule has 3 aromatic carbocycles. The molecule has 10 heteroatoms. The van der Waals surface area contributed by atoms with Crippen LogP contribution in [0.2, 0.25) is 5.02 Å². The number of amides is 1. The third-order valence-corrected chi connectivity index (χ3v) is 6.11. The Bertz CT molecular complexity index is 1690. The fourth-order valence-electron chi connectivity index (χ4n) is 3.86. The van der Waals surface area contributed by atoms with Gasteiger partial charge in [0.05, 0.1) is 19.0 Å². The predicted octanol–water partition coefficient (Wildman–Crippen LogP) is 5.76. The number of hydrogen-bond donors (Lipinski definition) is 2. The van der Waals surface area contributed by atoms with Crippen molar-refractivity contribution in [2.75, 3.05) is 12.4 Å². The molecule has 0 bridgehead atoms. The smallest absolute Gasteiger partial charge is 0.299 e. The average Bonchev–Trinajstić information content (AvgIpc) is 2.99. The molecule has 1 amide bonds. The number of nitrogens with one attached hydrogen (secondary N) is 2. The zero-order valence-electron chi connectivity index (χ0n) is 21.4. The SMILES string of the molecule is COc1ccc(Oc2cnn(-c3cccc(Cl)c3)c(=O)c2Nc2cccc(C(=O)NCc3ccncc3)c2)cc1. The van der Waals surface area contributed by atoms with E-state index >= 15 is 0 Å². The summed E-state index contributed by atoms with van der Waals surface area (Å²) in [5.41, 5.74) is 2.00. The van der Waals surface area contributed by atoms with Gasteiger partial charge in [0.15, 0.2) is 11.4 Å². The van der Waals surface area contributed by atoms with Crippen LogP contribution in [0.5, 0.6) is 17.2 Å². The highest BCUT2D eigenvalue weighted by atomic mass is 35.5. The lowest BCUT2D eigenvalue weighted by molar-refractivity contribution is 0.0951. The van der Waals surface area contributed by atoms with Gasteiger partial charge in [-0.25, -0.2) is 0 Å². The molecule has 0 unspecified atom stereocenters. The summed E-state index contributed by atoms with van der Waals surface area (Å²) in [6.45, 7) is 0.355. The molecule has 5 rings (SSSR count). The van der Waals surface area contributed by atoms with Crippen molar-refractivity contribution in [3.63, 3.8) is 0 Å². The first-order valence-electron chi connectivity index (χ1n) is 12.2. The van der Waals surface area contributed by atoms with Crippen molar-refractivity contribution < 1.29 is 14.3 Å². The third kappa shape index (κ3) is 6.28. The van der Waals surface area contributed by atoms with Crippen molar-refractivity contribution in [3.8, 4) is 22.9 Å². The van der Waals surface area contributed by atoms with Crippen LogP contribution in [0.25, 0.3) is 5.69 Å². The number of carbonyl (C=O) groups is 1. The molecule has 200 valence electrons. The Morgan fingerprint density at radius 3 is 2.45 bits per heavy atom. The van der Waals surface area contributed by atoms with Crippen molar-refractivity contribution in [1.29, 1.82) is 0 Å². The standard InChI is InChI=1S/C30H24ClN5O4/c1-39-25-8-10-26(11-9-25)40-27-19-34-36(24-7-3-5-22(31)17-24)30(38)28(27)35-23-6-2-4-21(16-23)29(37)33-18-20-12-14-32-15-13-20/h2-17,19,35H,18H2,1H3,(H,33,37). The van der Waals surface area contributed by atoms with Crippen LogP contribution in [0.4, 0.5) is 11.4 Å². The van der Waals surface area contributed by atoms with Crippen molar-refractivity contribution in [1.82, 2.24) is 20.1 Å². The number of halogens is 1. The number of ether oxygens (including phenoxy) is 2. The van der Waals surface area contributed by atoms with Gasteiger partial charge in [-0.15, -0.1) is 0 Å². The molecule has 0 aliphatic heterocycles. The van der Waals surface area contributed by atoms with Gasteiger partial charge in [0, 0.05) is 35.2 Å². The molecule has 2 aromatic heterocycles. The van der Waals surface area contributed by atoms with Crippen LogP contribution in [0.15, 0.2) is 108 Å². The number of rotatable bonds is 9. The largest absolute Gasteiger partial charge is 0.497 e. The fraction of sp³-hybridized carbons (Fsp3) is 0.0667. The molecule has 0 spiro atoms. The van der Waals surface area contributed by atoms with Crippen LogP contribution in [-0.2, 0) is 6.54 Å². The molecule has 0 fully saturated rings. The van der Waals surface area contributed by atoms with Crippen LogP contribution in [0, 0.1) is 0 Å². The lowest BCUT2D eigenvalue weighted by Crippen LogP contribution is -2.24. The molecule has 2 N–H and O–H groups in total. The second kappa shape index (κ2) is 12.1. The van der Waals surface area contributed by atoms with Crippen LogP contribution < -0.4 is 25.7 Å². The van der Waals surface area contributed by atoms with E-state index in [9.17, 15) is 9.59 Å². The quantitative estimate of drug-likeness (QED) is 0.239. The molecule has 5 aromatic rings. The van der Waals surface area contributed by atoms with E-state index in [0.717, 1.165) is 5.56 Å². The van der Waals surface area contributed by atoms with Gasteiger partial charge in [0.1, 0.15) is 11.5 Å². The first-order valence-corrected chi connectivity index (χ1v) is 12.6. The van der Waals surface area contributed by atoms with Crippen molar-refractivity contribution in [2.24, 2.45) is 0 Å². The van der Waals surface area contributed by atoms with Gasteiger partial charge in [-0.2, -0.15) is 9.78 Å². The van der Waals surface area contributed by atoms with E-state index in [4.69, 9.17) is 21.1 Å². The molecule has 0 atom stereocenters. The Hall–Kier alpha value is -5.15. The zero-order chi connectivity index (χ0) is 27.9. The number of hydrogen-bond acceptors (Lipinski definition) is 7. The highest BCUT2D eigenvalue weighted by Gasteiger charge is 2.17. The first-order chi connectivity index (χ1) is 19.5. The van der Waals surface area contributed by atoms with Gasteiger partial charge in [0.25, 0.3) is 11.5 Å². The molecular formula is C30H24ClN5O4. The fourth-order valence-corrected chi connectivity index (χ4v) is 4.05. The van der Waals surface area contributed by atoms with Crippen molar-refractivity contribution in [3.05, 3.63) is 130 Å². The predicted molar refractivity (Wildman–Crippen MR) is 153 cm³/mol. The summed E-state index contributed by atoms with van der Waals surface area (Å²) in [5.74, 6) is 1.08. The maximum Gasteiger partial charge on any atom is 0.299 e. The van der Waals surface area contributed by atoms with Gasteiger partial charge in [-0.05, 0) is 78.4 Å². The molecule has 40 heavy (non-hydrogen) atoms. The lowest BCUT2D eigenvalue weighted by atomic mass is 10.1. The molecule has 9 nitrogen and oxygen atoms in total. The zero-order valence-corrected chi connectivity index (χ0v) is 22.1. The van der Waals surface area contributed by atoms with E-state index in [-0.39, 0.29) is 17.3 Å². The van der Waals surface area contributed by atoms with Crippen molar-refractivity contribution in [2.45, 2.75) is 6.54 Å². The summed E-state index contributed by atoms with van der Waals surface area (Å²) in [7, 11) is 1.57. The minimum Gasteiger partial charge on any atom is -0.497 e. The summed E-state index contributed by atoms with van der Waals surface area (Å²) >= 11 is 6.16. The molecule has 0 aliphatic carbocycles. The van der Waals surface area contributed by atoms with E-state index < -0.39 is 5.56 Å². The first kappa shape index (κ1) is 26.5. The van der Waals surface area contributed by atoms with Crippen LogP contribution >= 0.6 is 11.6 Å². The molecule has 0 saturated carbocycles. The molecule has 0 saturated heterocycles. The monoisotopic (exact) mass is 553 g/mol. The maximum absolute atomic E-state index is 13.7. The lowest BCUT2D eigenvalue weighted by Gasteiger charge is -2.15. The van der Waals surface area contributed by atoms with Gasteiger partial charge in [0.2, 0.25) is 0 Å². The normalized spacial score (nSPS) is 10.6. The topological polar surface area (TPSA) is 107 Å². The number of methoxy groups -OCH3 is 1. The molecule has 2 heterocycles. The average molecular weight is 554 g/mol. The van der Waals surface area contributed by atoms with Crippen molar-refractivity contribution >= 4 is 28.9 Å². The van der Waals surface area contributed by atoms with E-state index in [2.05, 4.69) is 20.7 Å². The van der Waals surface area contributed by atoms with Crippen LogP contribution in [-0.4, -0.2) is 27.8 Å². The number of carbonyl (C=O) groups excluding carboxylic acids is 1. The van der Waals surface area contributed by atoms with E-state index in [1.807, 2.05) is 12.1 Å². The number of nitrogens with zero attached hydrogens (tertiary/aromatic N) is 3. The Kier molecular flexibility index (Phi) is 8.03. The second-order valence-electron chi connectivity index (χ2n) is 8.60. The Morgan fingerprint density at radius 2 is 1.70 bits per heavy atom. The van der Waals surface area contributed by atoms with Crippen LogP contribution in [0.1, 0.15) is 15.9 Å². The molecule has 0 aliphatic rings. The highest BCUT2D eigenvalue weighted by Crippen LogP contribution is 2.30. The van der Waals surface area contributed by atoms with E-state index in [0.29, 0.717) is 40.0 Å². The van der Waals surface area contributed by atoms with Gasteiger partial charge >= 0.3 is 0 Å². The Labute approximate surface area is 235 Å². The van der Waals surface area contributed by atoms with Crippen LogP contribution in [0.3, 0.4) is 0 Å². The number of anilines is 2. The second-order valence-corrected chi connectivity index (χ2v) is 9.04. The Balaban J connectivity index is 1.46. The summed E-state index contributed by atoms with van der Waals surface area (Å²) in [5, 5.41) is 10.8. The number of benzene rings is 3. The minimum atomic E-state index is -0.471. The third-order valence-electron chi connectivity index (χ3n) is 5.88.